The van der Waals surface area contributed by atoms with Crippen molar-refractivity contribution in [3.05, 3.63) is 0 Å². The Labute approximate surface area is 549 Å². The summed E-state index contributed by atoms with van der Waals surface area (Å²) in [5, 5.41) is 44.2. The Morgan fingerprint density at radius 3 is 1.00 bits per heavy atom. The van der Waals surface area contributed by atoms with Crippen molar-refractivity contribution in [3.8, 4) is 0 Å². The molecule has 0 atom stereocenters. The molecule has 79 heavy (non-hydrogen) atoms. The molecule has 0 heterocycles. The van der Waals surface area contributed by atoms with Crippen LogP contribution in [-0.4, -0.2) is 162 Å². The van der Waals surface area contributed by atoms with Gasteiger partial charge in [0.25, 0.3) is 0 Å². The largest absolute Gasteiger partial charge is 0.485 e. The number of unbranched alkanes of at least 4 members (excludes halogenated alkanes) is 15. The maximum absolute atomic E-state index is 8.29. The van der Waals surface area contributed by atoms with Crippen molar-refractivity contribution in [2.75, 3.05) is 87.7 Å². The van der Waals surface area contributed by atoms with E-state index in [2.05, 4.69) is 168 Å². The molecule has 5 radical (unpaired) electrons. The van der Waals surface area contributed by atoms with Gasteiger partial charge >= 0.3 is 131 Å². The van der Waals surface area contributed by atoms with Gasteiger partial charge in [0.1, 0.15) is 0 Å². The Bertz CT molecular complexity index is 715. The van der Waals surface area contributed by atoms with Gasteiger partial charge in [0.05, 0.1) is 5.45 Å². The summed E-state index contributed by atoms with van der Waals surface area (Å²) in [5.41, 5.74) is 0.882. The van der Waals surface area contributed by atoms with E-state index in [1.165, 1.54) is 163 Å². The van der Waals surface area contributed by atoms with Gasteiger partial charge in [-0.25, -0.2) is 0 Å². The molecule has 0 bridgehead atoms. The van der Waals surface area contributed by atoms with Crippen LogP contribution in [0.4, 0.5) is 0 Å². The summed E-state index contributed by atoms with van der Waals surface area (Å²) in [6, 6.07) is 0. The molecule has 0 fully saturated rings. The van der Waals surface area contributed by atoms with E-state index in [9.17, 15) is 0 Å². The van der Waals surface area contributed by atoms with Crippen molar-refractivity contribution < 1.29 is 48.7 Å². The van der Waals surface area contributed by atoms with Crippen molar-refractivity contribution in [2.24, 2.45) is 0 Å². The molecule has 0 aromatic carbocycles. The Kier molecular flexibility index (Phi) is 182. The maximum Gasteiger partial charge on any atom is 0.485 e. The first-order chi connectivity index (χ1) is 37.7. The topological polar surface area (TPSA) is 159 Å². The van der Waals surface area contributed by atoms with Gasteiger partial charge in [-0.1, -0.05) is 229 Å². The average Bonchev–Trinajstić information content (AvgIpc) is 3.45. The van der Waals surface area contributed by atoms with Crippen molar-refractivity contribution in [1.82, 2.24) is 5.32 Å². The van der Waals surface area contributed by atoms with E-state index in [4.69, 9.17) is 39.4 Å². The fourth-order valence-corrected chi connectivity index (χ4v) is 25.2. The van der Waals surface area contributed by atoms with Crippen LogP contribution in [-0.2, 0) is 23.5 Å². The Morgan fingerprint density at radius 1 is 0.430 bits per heavy atom. The van der Waals surface area contributed by atoms with Crippen molar-refractivity contribution >= 4 is 126 Å². The maximum atomic E-state index is 8.29. The van der Waals surface area contributed by atoms with Gasteiger partial charge in [-0.15, -0.1) is 0 Å². The molecule has 0 saturated carbocycles. The van der Waals surface area contributed by atoms with Gasteiger partial charge in [0.15, 0.2) is 0 Å². The van der Waals surface area contributed by atoms with Gasteiger partial charge in [0.2, 0.25) is 0 Å². The molecular formula is C59H140B4Br2I2NO10Sn. The summed E-state index contributed by atoms with van der Waals surface area (Å²) in [4.78, 5) is 0. The van der Waals surface area contributed by atoms with E-state index in [-0.39, 0.29) is 8.41 Å². The van der Waals surface area contributed by atoms with Crippen LogP contribution in [0.3, 0.4) is 0 Å². The van der Waals surface area contributed by atoms with Gasteiger partial charge in [0, 0.05) is 83.6 Å². The molecule has 6 N–H and O–H groups in total. The molecule has 0 saturated heterocycles. The van der Waals surface area contributed by atoms with Crippen molar-refractivity contribution in [3.63, 3.8) is 0 Å². The van der Waals surface area contributed by atoms with E-state index in [1.807, 2.05) is 14.0 Å². The van der Waals surface area contributed by atoms with Crippen LogP contribution in [0.15, 0.2) is 0 Å². The number of aliphatic hydroxyl groups is 1. The van der Waals surface area contributed by atoms with E-state index >= 15 is 0 Å². The molecule has 485 valence electrons. The summed E-state index contributed by atoms with van der Waals surface area (Å²) in [5.74, 6) is 0. The summed E-state index contributed by atoms with van der Waals surface area (Å²) in [6.45, 7) is 30.8. The number of hydrogen-bond acceptors (Lipinski definition) is 11. The number of hydrogen-bond donors (Lipinski definition) is 6. The van der Waals surface area contributed by atoms with E-state index in [0.29, 0.717) is 48.1 Å². The molecule has 0 rings (SSSR count). The smallest absolute Gasteiger partial charge is 0.429 e. The molecular weight excluding hydrogens is 1460 g/mol. The fraction of sp³-hybridized carbons (Fsp3) is 1.00. The number of alkyl halides is 4. The molecule has 0 aliphatic heterocycles. The quantitative estimate of drug-likeness (QED) is 0.0114. The first-order valence-corrected chi connectivity index (χ1v) is 44.6. The first-order valence-electron chi connectivity index (χ1n) is 31.2. The summed E-state index contributed by atoms with van der Waals surface area (Å²) >= 11 is 9.45. The normalized spacial score (nSPS) is 9.43. The van der Waals surface area contributed by atoms with E-state index in [1.54, 1.807) is 39.1 Å². The minimum Gasteiger partial charge on any atom is -0.429 e. The van der Waals surface area contributed by atoms with E-state index < -0.39 is 25.5 Å². The van der Waals surface area contributed by atoms with Crippen LogP contribution < -0.4 is 5.32 Å². The van der Waals surface area contributed by atoms with Crippen LogP contribution in [0.2, 0.25) is 24.1 Å². The minimum absolute atomic E-state index is 0. The second-order valence-electron chi connectivity index (χ2n) is 18.6. The Morgan fingerprint density at radius 2 is 0.772 bits per heavy atom. The summed E-state index contributed by atoms with van der Waals surface area (Å²) in [6.07, 6.45) is 36.7. The number of aliphatic hydroxyl groups excluding tert-OH is 1. The van der Waals surface area contributed by atoms with Crippen molar-refractivity contribution in [2.45, 2.75) is 287 Å². The van der Waals surface area contributed by atoms with E-state index in [0.717, 1.165) is 49.7 Å². The zero-order valence-electron chi connectivity index (χ0n) is 55.5. The SMILES string of the molecule is CCCB(O)O.CCCC.CCCCCCC.CCCCCCO.CCCCCCOC.CCCCOC.CCC[CH2][Sn]([CH2]CC)([CH2]CCC)[CH2]CCC.CNCBr.COCCCO[B]O.ICCCI.O[B]OCCCBr.[B]. The third-order valence-corrected chi connectivity index (χ3v) is 29.9. The molecule has 0 spiro atoms. The van der Waals surface area contributed by atoms with Crippen LogP contribution in [0.1, 0.15) is 263 Å². The second-order valence-corrected chi connectivity index (χ2v) is 36.4. The van der Waals surface area contributed by atoms with Crippen LogP contribution in [0.5, 0.6) is 0 Å². The van der Waals surface area contributed by atoms with Gasteiger partial charge < -0.3 is 54.0 Å². The minimum atomic E-state index is -1.66. The van der Waals surface area contributed by atoms with Crippen LogP contribution in [0, 0.1) is 0 Å². The molecule has 20 heteroatoms. The number of rotatable bonds is 42. The summed E-state index contributed by atoms with van der Waals surface area (Å²) < 4.78 is 32.7. The second kappa shape index (κ2) is 131. The predicted octanol–water partition coefficient (Wildman–Crippen LogP) is 18.4. The third-order valence-electron chi connectivity index (χ3n) is 10.7. The molecule has 11 nitrogen and oxygen atoms in total. The van der Waals surface area contributed by atoms with Gasteiger partial charge in [-0.2, -0.15) is 0 Å². The van der Waals surface area contributed by atoms with Gasteiger partial charge in [-0.05, 0) is 51.9 Å². The Hall–Kier alpha value is 3.04. The number of methoxy groups -OCH3 is 3. The van der Waals surface area contributed by atoms with Gasteiger partial charge in [-0.3, -0.25) is 0 Å². The zero-order valence-corrected chi connectivity index (χ0v) is 65.8. The monoisotopic (exact) mass is 1600 g/mol. The summed E-state index contributed by atoms with van der Waals surface area (Å²) in [7, 11) is 7.30. The third kappa shape index (κ3) is 173. The number of nitrogens with one attached hydrogen (secondary N) is 1. The number of ether oxygens (including phenoxy) is 3. The molecule has 0 aromatic rings. The molecule has 0 amide bonds. The molecule has 0 aliphatic rings. The molecule has 0 unspecified atom stereocenters. The van der Waals surface area contributed by atoms with Crippen molar-refractivity contribution in [1.29, 1.82) is 0 Å². The Balaban J connectivity index is -0.0000000641. The average molecular weight is 1600 g/mol. The molecule has 0 aliphatic carbocycles. The zero-order chi connectivity index (χ0) is 62.1. The predicted molar refractivity (Wildman–Crippen MR) is 388 cm³/mol. The number of halogens is 4. The van der Waals surface area contributed by atoms with Crippen LogP contribution >= 0.6 is 77.0 Å². The first kappa shape index (κ1) is 110. The standard InChI is InChI=1S/C7H16O.C7H16.C6H14O.C5H12O.C4H10BO3.C4H10.3C4H9.C3H7BBrO2.C3H9BO2.C3H6I2.C3H7.C2H6BrN.B.Sn/c1-3-4-5-6-7-8-2;1-3-5-7-6-4-2;1-2-3-4-5-6-7;1-3-4-5-6-2;1-7-3-2-4-8-5-6;4*1-3-4-2;5-2-1-3-7-4-6;1-2-3-4(5)6;4-2-1-3-5;1-3-2;1-4-2-3;;/h3-7H2,1-2H3;3-7H2,1-2H3;7H,2-6H2,1H3;3-5H2,1-2H3;6H,2-4H2,1H3;3-4H2,1-2H3;3*1,3-4H2,2H3;6H,1-3H2;5-6H,2-3H2,1H3;1-3H2;1,3H2,2H3;4H,2H2,1H3;;. The van der Waals surface area contributed by atoms with Crippen LogP contribution in [0.25, 0.3) is 0 Å². The fourth-order valence-electron chi connectivity index (χ4n) is 5.95. The molecule has 0 aromatic heterocycles.